The number of amides is 1. The molecule has 0 aliphatic carbocycles. The van der Waals surface area contributed by atoms with E-state index in [0.29, 0.717) is 12.8 Å². The van der Waals surface area contributed by atoms with Crippen molar-refractivity contribution in [1.29, 1.82) is 0 Å². The number of aryl methyl sites for hydroxylation is 1. The molecule has 0 bridgehead atoms. The van der Waals surface area contributed by atoms with Gasteiger partial charge in [-0.25, -0.2) is 0 Å². The maximum absolute atomic E-state index is 11.3. The predicted molar refractivity (Wildman–Crippen MR) is 64.0 cm³/mol. The van der Waals surface area contributed by atoms with Crippen molar-refractivity contribution >= 4 is 29.7 Å². The van der Waals surface area contributed by atoms with Crippen LogP contribution in [0.3, 0.4) is 0 Å². The monoisotopic (exact) mass is 249 g/mol. The van der Waals surface area contributed by atoms with Crippen LogP contribution in [0.2, 0.25) is 0 Å². The molecular formula is C9H16ClN3OS. The summed E-state index contributed by atoms with van der Waals surface area (Å²) in [5.41, 5.74) is 5.55. The third kappa shape index (κ3) is 5.11. The van der Waals surface area contributed by atoms with E-state index < -0.39 is 0 Å². The number of rotatable bonds is 3. The molecule has 1 amide bonds. The summed E-state index contributed by atoms with van der Waals surface area (Å²) in [6, 6.07) is 0.0613. The molecule has 1 aromatic rings. The highest BCUT2D eigenvalue weighted by Gasteiger charge is 2.02. The molecule has 0 saturated carbocycles. The minimum absolute atomic E-state index is 0. The first-order chi connectivity index (χ1) is 6.59. The number of halogens is 1. The largest absolute Gasteiger partial charge is 0.328 e. The third-order valence-corrected chi connectivity index (χ3v) is 2.64. The topological polar surface area (TPSA) is 60.4 Å². The van der Waals surface area contributed by atoms with Crippen molar-refractivity contribution in [2.45, 2.75) is 25.8 Å². The number of nitrogens with two attached hydrogens (primary N) is 1. The zero-order chi connectivity index (χ0) is 10.6. The van der Waals surface area contributed by atoms with Gasteiger partial charge in [-0.2, -0.15) is 4.99 Å². The van der Waals surface area contributed by atoms with Gasteiger partial charge in [0.05, 0.1) is 0 Å². The van der Waals surface area contributed by atoms with Gasteiger partial charge in [0.25, 0.3) is 0 Å². The summed E-state index contributed by atoms with van der Waals surface area (Å²) in [5, 5.41) is 1.90. The molecule has 0 spiro atoms. The van der Waals surface area contributed by atoms with Gasteiger partial charge in [-0.05, 0) is 13.3 Å². The first-order valence-electron chi connectivity index (χ1n) is 4.53. The van der Waals surface area contributed by atoms with Crippen LogP contribution in [0.5, 0.6) is 0 Å². The fourth-order valence-corrected chi connectivity index (χ4v) is 1.70. The van der Waals surface area contributed by atoms with Crippen LogP contribution in [-0.4, -0.2) is 16.5 Å². The molecule has 0 radical (unpaired) electrons. The lowest BCUT2D eigenvalue weighted by atomic mass is 10.2. The van der Waals surface area contributed by atoms with Crippen LogP contribution in [0.15, 0.2) is 16.6 Å². The molecule has 1 aromatic heterocycles. The molecule has 1 unspecified atom stereocenters. The summed E-state index contributed by atoms with van der Waals surface area (Å²) in [5.74, 6) is -0.0969. The fourth-order valence-electron chi connectivity index (χ4n) is 0.948. The molecule has 1 rings (SSSR count). The maximum atomic E-state index is 11.3. The van der Waals surface area contributed by atoms with Crippen molar-refractivity contribution in [2.24, 2.45) is 17.8 Å². The first-order valence-corrected chi connectivity index (χ1v) is 5.41. The quantitative estimate of drug-likeness (QED) is 0.871. The summed E-state index contributed by atoms with van der Waals surface area (Å²) in [7, 11) is 1.87. The second-order valence-electron chi connectivity index (χ2n) is 3.32. The smallest absolute Gasteiger partial charge is 0.248 e. The molecule has 0 aromatic carbocycles. The van der Waals surface area contributed by atoms with Crippen molar-refractivity contribution < 1.29 is 4.79 Å². The number of carbonyl (C=O) groups excluding carboxylic acids is 1. The summed E-state index contributed by atoms with van der Waals surface area (Å²) in [4.78, 5) is 16.1. The Kier molecular flexibility index (Phi) is 6.47. The van der Waals surface area contributed by atoms with Crippen LogP contribution in [-0.2, 0) is 11.8 Å². The Morgan fingerprint density at radius 1 is 1.73 bits per heavy atom. The van der Waals surface area contributed by atoms with Crippen LogP contribution < -0.4 is 10.5 Å². The summed E-state index contributed by atoms with van der Waals surface area (Å²) >= 11 is 1.46. The van der Waals surface area contributed by atoms with Crippen molar-refractivity contribution in [3.63, 3.8) is 0 Å². The van der Waals surface area contributed by atoms with Gasteiger partial charge in [-0.15, -0.1) is 23.7 Å². The van der Waals surface area contributed by atoms with Crippen LogP contribution >= 0.6 is 23.7 Å². The SMILES string of the molecule is CC(N)CCC(=O)N=c1sccn1C.Cl. The van der Waals surface area contributed by atoms with E-state index in [1.165, 1.54) is 11.3 Å². The average Bonchev–Trinajstić information content (AvgIpc) is 2.49. The van der Waals surface area contributed by atoms with E-state index in [-0.39, 0.29) is 24.4 Å². The minimum Gasteiger partial charge on any atom is -0.328 e. The third-order valence-electron chi connectivity index (χ3n) is 1.79. The van der Waals surface area contributed by atoms with Crippen molar-refractivity contribution in [3.8, 4) is 0 Å². The first kappa shape index (κ1) is 14.3. The Morgan fingerprint density at radius 3 is 2.87 bits per heavy atom. The van der Waals surface area contributed by atoms with Crippen LogP contribution in [0, 0.1) is 0 Å². The molecule has 4 nitrogen and oxygen atoms in total. The lowest BCUT2D eigenvalue weighted by Crippen LogP contribution is -2.17. The van der Waals surface area contributed by atoms with E-state index in [1.807, 2.05) is 30.1 Å². The second-order valence-corrected chi connectivity index (χ2v) is 4.19. The minimum atomic E-state index is -0.0969. The van der Waals surface area contributed by atoms with Crippen molar-refractivity contribution in [2.75, 3.05) is 0 Å². The predicted octanol–water partition coefficient (Wildman–Crippen LogP) is 1.06. The van der Waals surface area contributed by atoms with Crippen molar-refractivity contribution in [3.05, 3.63) is 16.4 Å². The zero-order valence-electron chi connectivity index (χ0n) is 8.84. The number of aromatic nitrogens is 1. The standard InChI is InChI=1S/C9H15N3OS.ClH/c1-7(10)3-4-8(13)11-9-12(2)5-6-14-9;/h5-7H,3-4,10H2,1-2H3;1H. The molecule has 15 heavy (non-hydrogen) atoms. The lowest BCUT2D eigenvalue weighted by Gasteiger charge is -2.00. The van der Waals surface area contributed by atoms with Gasteiger partial charge >= 0.3 is 0 Å². The Hall–Kier alpha value is -0.650. The Labute approximate surface area is 99.2 Å². The summed E-state index contributed by atoms with van der Waals surface area (Å²) in [6.45, 7) is 1.89. The number of carbonyl (C=O) groups is 1. The average molecular weight is 250 g/mol. The normalized spacial score (nSPS) is 13.4. The molecule has 1 atom stereocenters. The van der Waals surface area contributed by atoms with Gasteiger partial charge in [0.1, 0.15) is 0 Å². The van der Waals surface area contributed by atoms with E-state index in [9.17, 15) is 4.79 Å². The molecule has 0 fully saturated rings. The lowest BCUT2D eigenvalue weighted by molar-refractivity contribution is -0.118. The maximum Gasteiger partial charge on any atom is 0.248 e. The Bertz CT molecular complexity index is 369. The molecule has 0 saturated heterocycles. The van der Waals surface area contributed by atoms with E-state index in [2.05, 4.69) is 4.99 Å². The molecule has 86 valence electrons. The van der Waals surface area contributed by atoms with Gasteiger partial charge in [-0.3, -0.25) is 4.79 Å². The zero-order valence-corrected chi connectivity index (χ0v) is 10.5. The van der Waals surface area contributed by atoms with Gasteiger partial charge in [0.15, 0.2) is 4.80 Å². The van der Waals surface area contributed by atoms with Gasteiger partial charge < -0.3 is 10.3 Å². The van der Waals surface area contributed by atoms with Crippen LogP contribution in [0.1, 0.15) is 19.8 Å². The van der Waals surface area contributed by atoms with Crippen LogP contribution in [0.25, 0.3) is 0 Å². The highest BCUT2D eigenvalue weighted by Crippen LogP contribution is 1.95. The van der Waals surface area contributed by atoms with E-state index >= 15 is 0 Å². The van der Waals surface area contributed by atoms with Crippen molar-refractivity contribution in [1.82, 2.24) is 4.57 Å². The second kappa shape index (κ2) is 6.76. The number of hydrogen-bond acceptors (Lipinski definition) is 3. The van der Waals surface area contributed by atoms with Gasteiger partial charge in [0, 0.05) is 31.1 Å². The Morgan fingerprint density at radius 2 is 2.40 bits per heavy atom. The summed E-state index contributed by atoms with van der Waals surface area (Å²) < 4.78 is 1.83. The van der Waals surface area contributed by atoms with Crippen LogP contribution in [0.4, 0.5) is 0 Å². The van der Waals surface area contributed by atoms with E-state index in [1.54, 1.807) is 0 Å². The molecule has 2 N–H and O–H groups in total. The summed E-state index contributed by atoms with van der Waals surface area (Å²) in [6.07, 6.45) is 3.00. The number of nitrogens with zero attached hydrogens (tertiary/aromatic N) is 2. The number of thiazole rings is 1. The van der Waals surface area contributed by atoms with E-state index in [0.717, 1.165) is 4.80 Å². The van der Waals surface area contributed by atoms with Gasteiger partial charge in [-0.1, -0.05) is 0 Å². The molecule has 6 heteroatoms. The molecular weight excluding hydrogens is 234 g/mol. The number of hydrogen-bond donors (Lipinski definition) is 1. The van der Waals surface area contributed by atoms with E-state index in [4.69, 9.17) is 5.73 Å². The highest BCUT2D eigenvalue weighted by atomic mass is 35.5. The fraction of sp³-hybridized carbons (Fsp3) is 0.556. The molecule has 0 aliphatic rings. The van der Waals surface area contributed by atoms with Gasteiger partial charge in [0.2, 0.25) is 5.91 Å². The Balaban J connectivity index is 0.00000196. The molecule has 0 aliphatic heterocycles. The molecule has 1 heterocycles. The highest BCUT2D eigenvalue weighted by molar-refractivity contribution is 7.07.